The smallest absolute Gasteiger partial charge is 0.170 e. The summed E-state index contributed by atoms with van der Waals surface area (Å²) in [6, 6.07) is 5.95. The third kappa shape index (κ3) is 2.18. The molecular formula is C17H22O2. The average Bonchev–Trinajstić information content (AvgIpc) is 2.36. The van der Waals surface area contributed by atoms with Crippen LogP contribution in [0.5, 0.6) is 5.75 Å². The molecule has 3 rings (SSSR count). The Labute approximate surface area is 115 Å². The molecule has 1 spiro atoms. The van der Waals surface area contributed by atoms with Gasteiger partial charge >= 0.3 is 0 Å². The van der Waals surface area contributed by atoms with Crippen LogP contribution in [0.25, 0.3) is 0 Å². The van der Waals surface area contributed by atoms with Crippen molar-refractivity contribution in [3.63, 3.8) is 0 Å². The third-order valence-corrected chi connectivity index (χ3v) is 4.97. The summed E-state index contributed by atoms with van der Waals surface area (Å²) >= 11 is 0. The minimum Gasteiger partial charge on any atom is -0.486 e. The van der Waals surface area contributed by atoms with Crippen molar-refractivity contribution in [3.8, 4) is 5.75 Å². The zero-order valence-corrected chi connectivity index (χ0v) is 12.0. The largest absolute Gasteiger partial charge is 0.486 e. The number of carbonyl (C=O) groups excluding carboxylic acids is 1. The number of fused-ring (bicyclic) bond motifs is 1. The predicted molar refractivity (Wildman–Crippen MR) is 75.7 cm³/mol. The maximum atomic E-state index is 12.4. The standard InChI is InChI=1S/C17H22O2/c1-11-4-5-16-14(8-11)15(18)10-17(19-16)7-6-12(2)13(3)9-17/h4-5,8,12-13H,6-7,9-10H2,1-3H3. The molecule has 0 radical (unpaired) electrons. The second-order valence-corrected chi connectivity index (χ2v) is 6.58. The molecule has 0 bridgehead atoms. The molecule has 0 aromatic heterocycles. The molecule has 102 valence electrons. The number of rotatable bonds is 0. The Kier molecular flexibility index (Phi) is 2.92. The molecule has 0 amide bonds. The molecule has 1 aliphatic carbocycles. The molecule has 3 unspecified atom stereocenters. The van der Waals surface area contributed by atoms with E-state index < -0.39 is 0 Å². The number of ketones is 1. The quantitative estimate of drug-likeness (QED) is 0.698. The van der Waals surface area contributed by atoms with Gasteiger partial charge in [-0.2, -0.15) is 0 Å². The zero-order valence-electron chi connectivity index (χ0n) is 12.0. The molecule has 1 aromatic rings. The molecule has 1 aromatic carbocycles. The van der Waals surface area contributed by atoms with Gasteiger partial charge in [0, 0.05) is 0 Å². The summed E-state index contributed by atoms with van der Waals surface area (Å²) in [7, 11) is 0. The molecular weight excluding hydrogens is 236 g/mol. The summed E-state index contributed by atoms with van der Waals surface area (Å²) in [4.78, 5) is 12.4. The molecule has 2 aliphatic rings. The van der Waals surface area contributed by atoms with E-state index in [9.17, 15) is 4.79 Å². The Morgan fingerprint density at radius 2 is 2.05 bits per heavy atom. The molecule has 19 heavy (non-hydrogen) atoms. The Hall–Kier alpha value is -1.31. The topological polar surface area (TPSA) is 26.3 Å². The van der Waals surface area contributed by atoms with Crippen molar-refractivity contribution in [1.82, 2.24) is 0 Å². The first kappa shape index (κ1) is 12.7. The van der Waals surface area contributed by atoms with Gasteiger partial charge in [0.25, 0.3) is 0 Å². The molecule has 1 heterocycles. The van der Waals surface area contributed by atoms with Gasteiger partial charge in [-0.3, -0.25) is 4.79 Å². The zero-order chi connectivity index (χ0) is 13.6. The fourth-order valence-electron chi connectivity index (χ4n) is 3.53. The summed E-state index contributed by atoms with van der Waals surface area (Å²) in [5.41, 5.74) is 1.67. The average molecular weight is 258 g/mol. The highest BCUT2D eigenvalue weighted by atomic mass is 16.5. The van der Waals surface area contributed by atoms with Gasteiger partial charge in [-0.15, -0.1) is 0 Å². The number of aryl methyl sites for hydroxylation is 1. The lowest BCUT2D eigenvalue weighted by atomic mass is 9.70. The Morgan fingerprint density at radius 1 is 1.26 bits per heavy atom. The minimum atomic E-state index is -0.231. The van der Waals surface area contributed by atoms with E-state index in [1.807, 2.05) is 25.1 Å². The van der Waals surface area contributed by atoms with Gasteiger partial charge in [0.2, 0.25) is 0 Å². The van der Waals surface area contributed by atoms with Crippen molar-refractivity contribution < 1.29 is 9.53 Å². The first-order chi connectivity index (χ1) is 8.99. The van der Waals surface area contributed by atoms with Gasteiger partial charge in [0.05, 0.1) is 12.0 Å². The Bertz CT molecular complexity index is 520. The monoisotopic (exact) mass is 258 g/mol. The first-order valence-electron chi connectivity index (χ1n) is 7.32. The number of hydrogen-bond donors (Lipinski definition) is 0. The van der Waals surface area contributed by atoms with E-state index in [2.05, 4.69) is 13.8 Å². The maximum Gasteiger partial charge on any atom is 0.170 e. The van der Waals surface area contributed by atoms with E-state index in [4.69, 9.17) is 4.74 Å². The molecule has 1 aliphatic heterocycles. The summed E-state index contributed by atoms with van der Waals surface area (Å²) in [5, 5.41) is 0. The van der Waals surface area contributed by atoms with Crippen LogP contribution in [0.3, 0.4) is 0 Å². The van der Waals surface area contributed by atoms with Gasteiger partial charge in [0.15, 0.2) is 5.78 Å². The summed E-state index contributed by atoms with van der Waals surface area (Å²) < 4.78 is 6.28. The van der Waals surface area contributed by atoms with Crippen LogP contribution in [-0.2, 0) is 0 Å². The SMILES string of the molecule is Cc1ccc2c(c1)C(=O)CC1(CCC(C)C(C)C1)O2. The molecule has 0 saturated heterocycles. The molecule has 2 nitrogen and oxygen atoms in total. The van der Waals surface area contributed by atoms with Gasteiger partial charge in [-0.1, -0.05) is 25.5 Å². The fraction of sp³-hybridized carbons (Fsp3) is 0.588. The highest BCUT2D eigenvalue weighted by molar-refractivity contribution is 6.00. The van der Waals surface area contributed by atoms with Crippen LogP contribution in [0, 0.1) is 18.8 Å². The first-order valence-corrected chi connectivity index (χ1v) is 7.32. The fourth-order valence-corrected chi connectivity index (χ4v) is 3.53. The summed E-state index contributed by atoms with van der Waals surface area (Å²) in [6.07, 6.45) is 3.74. The number of benzene rings is 1. The van der Waals surface area contributed by atoms with Crippen molar-refractivity contribution in [3.05, 3.63) is 29.3 Å². The van der Waals surface area contributed by atoms with Gasteiger partial charge in [-0.25, -0.2) is 0 Å². The van der Waals surface area contributed by atoms with Gasteiger partial charge in [-0.05, 0) is 50.2 Å². The third-order valence-electron chi connectivity index (χ3n) is 4.97. The van der Waals surface area contributed by atoms with E-state index >= 15 is 0 Å². The molecule has 2 heteroatoms. The van der Waals surface area contributed by atoms with E-state index in [1.165, 1.54) is 0 Å². The van der Waals surface area contributed by atoms with Crippen molar-refractivity contribution >= 4 is 5.78 Å². The number of hydrogen-bond acceptors (Lipinski definition) is 2. The van der Waals surface area contributed by atoms with Crippen LogP contribution in [0.4, 0.5) is 0 Å². The maximum absolute atomic E-state index is 12.4. The second kappa shape index (κ2) is 4.36. The highest BCUT2D eigenvalue weighted by Gasteiger charge is 2.44. The minimum absolute atomic E-state index is 0.231. The summed E-state index contributed by atoms with van der Waals surface area (Å²) in [6.45, 7) is 6.60. The second-order valence-electron chi connectivity index (χ2n) is 6.58. The number of carbonyl (C=O) groups is 1. The predicted octanol–water partition coefficient (Wildman–Crippen LogP) is 4.16. The van der Waals surface area contributed by atoms with Crippen molar-refractivity contribution in [2.45, 2.75) is 52.1 Å². The molecule has 1 saturated carbocycles. The van der Waals surface area contributed by atoms with Crippen molar-refractivity contribution in [2.24, 2.45) is 11.8 Å². The molecule has 1 fully saturated rings. The van der Waals surface area contributed by atoms with E-state index in [-0.39, 0.29) is 11.4 Å². The lowest BCUT2D eigenvalue weighted by Crippen LogP contribution is -2.47. The Balaban J connectivity index is 1.93. The van der Waals surface area contributed by atoms with E-state index in [0.29, 0.717) is 12.3 Å². The lowest BCUT2D eigenvalue weighted by molar-refractivity contribution is -0.0153. The molecule has 3 atom stereocenters. The normalized spacial score (nSPS) is 33.9. The number of Topliss-reactive ketones (excluding diaryl/α,β-unsaturated/α-hetero) is 1. The van der Waals surface area contributed by atoms with Gasteiger partial charge < -0.3 is 4.74 Å². The number of ether oxygens (including phenoxy) is 1. The summed E-state index contributed by atoms with van der Waals surface area (Å²) in [5.74, 6) is 2.42. The van der Waals surface area contributed by atoms with Crippen LogP contribution in [0.1, 0.15) is 55.5 Å². The van der Waals surface area contributed by atoms with Crippen molar-refractivity contribution in [2.75, 3.05) is 0 Å². The van der Waals surface area contributed by atoms with Crippen LogP contribution in [-0.4, -0.2) is 11.4 Å². The van der Waals surface area contributed by atoms with Crippen LogP contribution < -0.4 is 4.74 Å². The Morgan fingerprint density at radius 3 is 2.79 bits per heavy atom. The molecule has 0 N–H and O–H groups in total. The van der Waals surface area contributed by atoms with Gasteiger partial charge in [0.1, 0.15) is 11.4 Å². The highest BCUT2D eigenvalue weighted by Crippen LogP contribution is 2.45. The van der Waals surface area contributed by atoms with Crippen LogP contribution >= 0.6 is 0 Å². The van der Waals surface area contributed by atoms with Crippen LogP contribution in [0.2, 0.25) is 0 Å². The van der Waals surface area contributed by atoms with Crippen molar-refractivity contribution in [1.29, 1.82) is 0 Å². The van der Waals surface area contributed by atoms with Crippen LogP contribution in [0.15, 0.2) is 18.2 Å². The lowest BCUT2D eigenvalue weighted by Gasteiger charge is -2.45. The van der Waals surface area contributed by atoms with E-state index in [0.717, 1.165) is 42.1 Å². The van der Waals surface area contributed by atoms with E-state index in [1.54, 1.807) is 0 Å².